The number of aliphatic hydroxyl groups excluding tert-OH is 3. The number of fused-ring (bicyclic) bond motifs is 5. The van der Waals surface area contributed by atoms with Gasteiger partial charge in [-0.2, -0.15) is 0 Å². The molecular formula is C25H26O12. The average Bonchev–Trinajstić information content (AvgIpc) is 3.25. The number of aliphatic carboxylic acids is 1. The van der Waals surface area contributed by atoms with Crippen molar-refractivity contribution in [2.45, 2.75) is 49.1 Å². The van der Waals surface area contributed by atoms with Crippen LogP contribution in [-0.4, -0.2) is 83.4 Å². The van der Waals surface area contributed by atoms with Gasteiger partial charge in [-0.05, 0) is 18.2 Å². The van der Waals surface area contributed by atoms with Crippen LogP contribution in [0.25, 0.3) is 0 Å². The predicted octanol–water partition coefficient (Wildman–Crippen LogP) is 0.509. The molecule has 198 valence electrons. The highest BCUT2D eigenvalue weighted by molar-refractivity contribution is 5.90. The number of hydrogen-bond acceptors (Lipinski definition) is 11. The molecule has 3 aliphatic rings. The molecule has 3 aliphatic heterocycles. The molecule has 0 unspecified atom stereocenters. The molecule has 0 bridgehead atoms. The first-order valence-corrected chi connectivity index (χ1v) is 11.6. The van der Waals surface area contributed by atoms with Crippen LogP contribution in [0.3, 0.4) is 0 Å². The lowest BCUT2D eigenvalue weighted by atomic mass is 9.89. The van der Waals surface area contributed by atoms with E-state index >= 15 is 0 Å². The molecule has 4 N–H and O–H groups in total. The van der Waals surface area contributed by atoms with E-state index in [9.17, 15) is 24.9 Å². The molecule has 3 heterocycles. The van der Waals surface area contributed by atoms with Crippen LogP contribution < -0.4 is 18.9 Å². The SMILES string of the molecule is COc1ccc2c(c1)O[C@@H]1c3ccc(O[C@@H]4O[C@@H](COC(=O)CC(=O)O)[C@@H](O)[C@H](O)[C@H]4O)cc3OC[C@H]21. The van der Waals surface area contributed by atoms with E-state index in [1.165, 1.54) is 0 Å². The van der Waals surface area contributed by atoms with Crippen LogP contribution in [0.1, 0.15) is 29.6 Å². The van der Waals surface area contributed by atoms with Gasteiger partial charge in [0.1, 0.15) is 66.5 Å². The third-order valence-corrected chi connectivity index (χ3v) is 6.57. The van der Waals surface area contributed by atoms with Gasteiger partial charge in [-0.3, -0.25) is 9.59 Å². The van der Waals surface area contributed by atoms with E-state index in [2.05, 4.69) is 0 Å². The minimum atomic E-state index is -1.67. The molecule has 12 nitrogen and oxygen atoms in total. The van der Waals surface area contributed by atoms with Gasteiger partial charge in [0.15, 0.2) is 0 Å². The minimum Gasteiger partial charge on any atom is -0.497 e. The first-order valence-electron chi connectivity index (χ1n) is 11.6. The maximum absolute atomic E-state index is 11.5. The van der Waals surface area contributed by atoms with Gasteiger partial charge in [-0.1, -0.05) is 6.07 Å². The number of ether oxygens (including phenoxy) is 6. The number of benzene rings is 2. The van der Waals surface area contributed by atoms with E-state index in [1.807, 2.05) is 18.2 Å². The van der Waals surface area contributed by atoms with Crippen molar-refractivity contribution in [3.05, 3.63) is 47.5 Å². The number of carboxylic acid groups (broad SMARTS) is 1. The summed E-state index contributed by atoms with van der Waals surface area (Å²) in [7, 11) is 1.59. The van der Waals surface area contributed by atoms with Crippen LogP contribution in [0, 0.1) is 0 Å². The summed E-state index contributed by atoms with van der Waals surface area (Å²) < 4.78 is 33.5. The summed E-state index contributed by atoms with van der Waals surface area (Å²) in [5, 5.41) is 39.5. The van der Waals surface area contributed by atoms with E-state index in [-0.39, 0.29) is 17.8 Å². The zero-order chi connectivity index (χ0) is 26.3. The molecule has 37 heavy (non-hydrogen) atoms. The van der Waals surface area contributed by atoms with Crippen molar-refractivity contribution in [1.29, 1.82) is 0 Å². The summed E-state index contributed by atoms with van der Waals surface area (Å²) in [5.41, 5.74) is 1.83. The van der Waals surface area contributed by atoms with Gasteiger partial charge in [-0.25, -0.2) is 0 Å². The van der Waals surface area contributed by atoms with Crippen molar-refractivity contribution < 1.29 is 58.4 Å². The molecule has 2 aromatic rings. The Bertz CT molecular complexity index is 1180. The molecule has 1 saturated heterocycles. The van der Waals surface area contributed by atoms with Gasteiger partial charge in [0.05, 0.1) is 19.6 Å². The molecule has 7 atom stereocenters. The predicted molar refractivity (Wildman–Crippen MR) is 122 cm³/mol. The van der Waals surface area contributed by atoms with E-state index in [4.69, 9.17) is 33.5 Å². The van der Waals surface area contributed by atoms with E-state index < -0.39 is 55.7 Å². The lowest BCUT2D eigenvalue weighted by molar-refractivity contribution is -0.278. The van der Waals surface area contributed by atoms with E-state index in [0.717, 1.165) is 16.9 Å². The van der Waals surface area contributed by atoms with Crippen LogP contribution in [-0.2, 0) is 19.1 Å². The van der Waals surface area contributed by atoms with Gasteiger partial charge < -0.3 is 48.8 Å². The molecule has 12 heteroatoms. The lowest BCUT2D eigenvalue weighted by Gasteiger charge is -2.40. The monoisotopic (exact) mass is 518 g/mol. The number of methoxy groups -OCH3 is 1. The Labute approximate surface area is 210 Å². The Hall–Kier alpha value is -3.58. The van der Waals surface area contributed by atoms with Crippen LogP contribution in [0.2, 0.25) is 0 Å². The summed E-state index contributed by atoms with van der Waals surface area (Å²) in [6, 6.07) is 10.7. The number of rotatable bonds is 7. The third kappa shape index (κ3) is 4.88. The normalized spacial score (nSPS) is 29.6. The Balaban J connectivity index is 1.28. The topological polar surface area (TPSA) is 170 Å². The van der Waals surface area contributed by atoms with Crippen molar-refractivity contribution in [3.63, 3.8) is 0 Å². The number of aliphatic hydroxyl groups is 3. The smallest absolute Gasteiger partial charge is 0.317 e. The molecule has 2 aromatic carbocycles. The second kappa shape index (κ2) is 10.1. The molecule has 0 amide bonds. The number of carbonyl (C=O) groups excluding carboxylic acids is 1. The first-order chi connectivity index (χ1) is 17.7. The van der Waals surface area contributed by atoms with Crippen molar-refractivity contribution in [3.8, 4) is 23.0 Å². The van der Waals surface area contributed by atoms with Crippen molar-refractivity contribution in [2.24, 2.45) is 0 Å². The van der Waals surface area contributed by atoms with E-state index in [0.29, 0.717) is 18.1 Å². The summed E-state index contributed by atoms with van der Waals surface area (Å²) in [5.74, 6) is -0.222. The fourth-order valence-electron chi connectivity index (χ4n) is 4.65. The highest BCUT2D eigenvalue weighted by Gasteiger charge is 2.46. The summed E-state index contributed by atoms with van der Waals surface area (Å²) >= 11 is 0. The highest BCUT2D eigenvalue weighted by atomic mass is 16.7. The number of carboxylic acids is 1. The standard InChI is InChI=1S/C25H26O12/c1-32-11-2-4-13-15-9-33-16-7-12(3-5-14(16)24(15)36-17(13)6-11)35-25-23(31)22(30)21(29)18(37-25)10-34-20(28)8-19(26)27/h2-7,15,18,21-25,29-31H,8-10H2,1H3,(H,26,27)/t15-,18+,21-,22+,23-,24-,25-/m1/s1. The summed E-state index contributed by atoms with van der Waals surface area (Å²) in [4.78, 5) is 22.2. The zero-order valence-corrected chi connectivity index (χ0v) is 19.7. The maximum Gasteiger partial charge on any atom is 0.317 e. The average molecular weight is 518 g/mol. The molecule has 0 aliphatic carbocycles. The van der Waals surface area contributed by atoms with Crippen LogP contribution in [0.15, 0.2) is 36.4 Å². The van der Waals surface area contributed by atoms with Crippen molar-refractivity contribution >= 4 is 11.9 Å². The Morgan fingerprint density at radius 1 is 0.973 bits per heavy atom. The summed E-state index contributed by atoms with van der Waals surface area (Å²) in [6.07, 6.45) is -8.71. The zero-order valence-electron chi connectivity index (χ0n) is 19.7. The van der Waals surface area contributed by atoms with Gasteiger partial charge in [-0.15, -0.1) is 0 Å². The second-order valence-electron chi connectivity index (χ2n) is 8.95. The molecule has 5 rings (SSSR count). The van der Waals surface area contributed by atoms with Crippen molar-refractivity contribution in [1.82, 2.24) is 0 Å². The van der Waals surface area contributed by atoms with Crippen LogP contribution in [0.5, 0.6) is 23.0 Å². The lowest BCUT2D eigenvalue weighted by Crippen LogP contribution is -2.60. The van der Waals surface area contributed by atoms with Crippen LogP contribution >= 0.6 is 0 Å². The number of hydrogen-bond donors (Lipinski definition) is 4. The van der Waals surface area contributed by atoms with Gasteiger partial charge in [0, 0.05) is 23.3 Å². The third-order valence-electron chi connectivity index (χ3n) is 6.57. The first kappa shape index (κ1) is 25.1. The summed E-state index contributed by atoms with van der Waals surface area (Å²) in [6.45, 7) is -0.173. The fraction of sp³-hybridized carbons (Fsp3) is 0.440. The maximum atomic E-state index is 11.5. The van der Waals surface area contributed by atoms with Crippen LogP contribution in [0.4, 0.5) is 0 Å². The van der Waals surface area contributed by atoms with Gasteiger partial charge in [0.25, 0.3) is 0 Å². The number of esters is 1. The van der Waals surface area contributed by atoms with E-state index in [1.54, 1.807) is 25.3 Å². The molecule has 1 fully saturated rings. The Morgan fingerprint density at radius 2 is 1.70 bits per heavy atom. The van der Waals surface area contributed by atoms with Gasteiger partial charge in [0.2, 0.25) is 6.29 Å². The number of carbonyl (C=O) groups is 2. The fourth-order valence-corrected chi connectivity index (χ4v) is 4.65. The second-order valence-corrected chi connectivity index (χ2v) is 8.95. The minimum absolute atomic E-state index is 0.00454. The largest absolute Gasteiger partial charge is 0.497 e. The highest BCUT2D eigenvalue weighted by Crippen LogP contribution is 2.52. The molecule has 0 radical (unpaired) electrons. The Kier molecular flexibility index (Phi) is 6.82. The van der Waals surface area contributed by atoms with Gasteiger partial charge >= 0.3 is 11.9 Å². The molecule has 0 spiro atoms. The molecule has 0 aromatic heterocycles. The van der Waals surface area contributed by atoms with Crippen molar-refractivity contribution in [2.75, 3.05) is 20.3 Å². The Morgan fingerprint density at radius 3 is 2.46 bits per heavy atom. The quantitative estimate of drug-likeness (QED) is 0.296. The molecular weight excluding hydrogens is 492 g/mol. The molecule has 0 saturated carbocycles.